The van der Waals surface area contributed by atoms with Crippen LogP contribution in [0.4, 0.5) is 0 Å². The van der Waals surface area contributed by atoms with Crippen LogP contribution < -0.4 is 5.32 Å². The van der Waals surface area contributed by atoms with Crippen molar-refractivity contribution in [2.24, 2.45) is 5.92 Å². The maximum Gasteiger partial charge on any atom is 0.0763 e. The zero-order valence-corrected chi connectivity index (χ0v) is 9.44. The predicted octanol–water partition coefficient (Wildman–Crippen LogP) is 2.05. The molecule has 0 spiro atoms. The van der Waals surface area contributed by atoms with Gasteiger partial charge in [0.05, 0.1) is 12.1 Å². The van der Waals surface area contributed by atoms with Crippen LogP contribution in [0.5, 0.6) is 0 Å². The summed E-state index contributed by atoms with van der Waals surface area (Å²) in [5.41, 5.74) is 1.52. The van der Waals surface area contributed by atoms with Gasteiger partial charge < -0.3 is 10.1 Å². The number of ether oxygens (including phenoxy) is 1. The van der Waals surface area contributed by atoms with Crippen LogP contribution >= 0.6 is 0 Å². The molecule has 0 bridgehead atoms. The first-order valence-corrected chi connectivity index (χ1v) is 5.61. The Morgan fingerprint density at radius 2 is 2.07 bits per heavy atom. The van der Waals surface area contributed by atoms with E-state index in [1.165, 1.54) is 5.57 Å². The second-order valence-electron chi connectivity index (χ2n) is 4.16. The van der Waals surface area contributed by atoms with Crippen LogP contribution in [0.3, 0.4) is 0 Å². The quantitative estimate of drug-likeness (QED) is 0.712. The first-order valence-electron chi connectivity index (χ1n) is 5.61. The summed E-state index contributed by atoms with van der Waals surface area (Å²) in [4.78, 5) is 0. The highest BCUT2D eigenvalue weighted by Crippen LogP contribution is 2.29. The first kappa shape index (κ1) is 10.7. The number of rotatable bonds is 3. The van der Waals surface area contributed by atoms with Crippen LogP contribution in [-0.4, -0.2) is 26.3 Å². The molecule has 1 N–H and O–H groups in total. The smallest absolute Gasteiger partial charge is 0.0763 e. The van der Waals surface area contributed by atoms with E-state index in [1.54, 1.807) is 7.11 Å². The highest BCUT2D eigenvalue weighted by molar-refractivity contribution is 5.31. The molecule has 0 fully saturated rings. The van der Waals surface area contributed by atoms with E-state index in [4.69, 9.17) is 4.74 Å². The Kier molecular flexibility index (Phi) is 3.39. The summed E-state index contributed by atoms with van der Waals surface area (Å²) in [7, 11) is 3.79. The van der Waals surface area contributed by atoms with E-state index in [1.807, 2.05) is 7.05 Å². The van der Waals surface area contributed by atoms with Crippen molar-refractivity contribution in [2.75, 3.05) is 14.2 Å². The van der Waals surface area contributed by atoms with E-state index in [0.717, 1.165) is 12.8 Å². The lowest BCUT2D eigenvalue weighted by molar-refractivity contribution is 0.0721. The van der Waals surface area contributed by atoms with Crippen LogP contribution in [0.1, 0.15) is 12.8 Å². The Morgan fingerprint density at radius 1 is 1.33 bits per heavy atom. The molecule has 0 heterocycles. The van der Waals surface area contributed by atoms with Crippen molar-refractivity contribution < 1.29 is 4.74 Å². The zero-order chi connectivity index (χ0) is 10.7. The van der Waals surface area contributed by atoms with Crippen molar-refractivity contribution in [2.45, 2.75) is 25.0 Å². The van der Waals surface area contributed by atoms with E-state index in [0.29, 0.717) is 18.1 Å². The standard InChI is InChI=1S/C13H19NO/c1-14-12-9-11(7-8-13(12)15-2)10-5-3-4-6-10/h3-6,9-10,12-14H,7-8H2,1-2H3. The van der Waals surface area contributed by atoms with Crippen LogP contribution in [0.15, 0.2) is 36.0 Å². The maximum absolute atomic E-state index is 5.46. The van der Waals surface area contributed by atoms with Crippen molar-refractivity contribution in [3.63, 3.8) is 0 Å². The van der Waals surface area contributed by atoms with Gasteiger partial charge in [0.2, 0.25) is 0 Å². The normalized spacial score (nSPS) is 30.9. The maximum atomic E-state index is 5.46. The van der Waals surface area contributed by atoms with E-state index < -0.39 is 0 Å². The minimum atomic E-state index is 0.327. The third-order valence-electron chi connectivity index (χ3n) is 3.32. The lowest BCUT2D eigenvalue weighted by Crippen LogP contribution is -2.40. The topological polar surface area (TPSA) is 21.3 Å². The van der Waals surface area contributed by atoms with Gasteiger partial charge in [0.15, 0.2) is 0 Å². The molecular formula is C13H19NO. The number of nitrogens with one attached hydrogen (secondary N) is 1. The Balaban J connectivity index is 2.10. The van der Waals surface area contributed by atoms with E-state index in [-0.39, 0.29) is 0 Å². The molecular weight excluding hydrogens is 186 g/mol. The van der Waals surface area contributed by atoms with Gasteiger partial charge in [-0.2, -0.15) is 0 Å². The molecule has 15 heavy (non-hydrogen) atoms. The third kappa shape index (κ3) is 2.21. The van der Waals surface area contributed by atoms with Crippen molar-refractivity contribution in [1.82, 2.24) is 5.32 Å². The first-order chi connectivity index (χ1) is 7.35. The van der Waals surface area contributed by atoms with E-state index in [2.05, 4.69) is 35.7 Å². The number of allylic oxidation sites excluding steroid dienone is 5. The van der Waals surface area contributed by atoms with Gasteiger partial charge in [0.1, 0.15) is 0 Å². The zero-order valence-electron chi connectivity index (χ0n) is 9.44. The Labute approximate surface area is 91.7 Å². The lowest BCUT2D eigenvalue weighted by atomic mass is 9.86. The molecule has 0 saturated heterocycles. The van der Waals surface area contributed by atoms with Gasteiger partial charge in [0.25, 0.3) is 0 Å². The Hall–Kier alpha value is -0.860. The Morgan fingerprint density at radius 3 is 2.67 bits per heavy atom. The molecule has 0 saturated carbocycles. The van der Waals surface area contributed by atoms with Crippen molar-refractivity contribution in [3.05, 3.63) is 36.0 Å². The van der Waals surface area contributed by atoms with Gasteiger partial charge in [-0.3, -0.25) is 0 Å². The number of likely N-dealkylation sites (N-methyl/N-ethyl adjacent to an activating group) is 1. The molecule has 0 amide bonds. The molecule has 0 aliphatic heterocycles. The second kappa shape index (κ2) is 4.77. The summed E-state index contributed by atoms with van der Waals surface area (Å²) in [6.45, 7) is 0. The molecule has 2 aliphatic carbocycles. The monoisotopic (exact) mass is 205 g/mol. The summed E-state index contributed by atoms with van der Waals surface area (Å²) in [6.07, 6.45) is 13.7. The number of methoxy groups -OCH3 is 1. The minimum Gasteiger partial charge on any atom is -0.379 e. The van der Waals surface area contributed by atoms with Crippen LogP contribution in [0.25, 0.3) is 0 Å². The minimum absolute atomic E-state index is 0.327. The molecule has 0 aromatic rings. The van der Waals surface area contributed by atoms with Gasteiger partial charge in [-0.15, -0.1) is 0 Å². The fourth-order valence-electron chi connectivity index (χ4n) is 2.40. The third-order valence-corrected chi connectivity index (χ3v) is 3.32. The highest BCUT2D eigenvalue weighted by atomic mass is 16.5. The molecule has 0 aromatic carbocycles. The van der Waals surface area contributed by atoms with E-state index >= 15 is 0 Å². The van der Waals surface area contributed by atoms with Crippen molar-refractivity contribution >= 4 is 0 Å². The highest BCUT2D eigenvalue weighted by Gasteiger charge is 2.25. The van der Waals surface area contributed by atoms with Gasteiger partial charge in [-0.1, -0.05) is 36.0 Å². The average molecular weight is 205 g/mol. The van der Waals surface area contributed by atoms with Gasteiger partial charge in [-0.05, 0) is 19.9 Å². The SMILES string of the molecule is CNC1C=C(C2C=CC=C2)CCC1OC. The van der Waals surface area contributed by atoms with E-state index in [9.17, 15) is 0 Å². The summed E-state index contributed by atoms with van der Waals surface area (Å²) < 4.78 is 5.46. The second-order valence-corrected chi connectivity index (χ2v) is 4.16. The summed E-state index contributed by atoms with van der Waals surface area (Å²) in [6, 6.07) is 0.362. The van der Waals surface area contributed by atoms with Crippen LogP contribution in [0, 0.1) is 5.92 Å². The van der Waals surface area contributed by atoms with Gasteiger partial charge in [0, 0.05) is 13.0 Å². The van der Waals surface area contributed by atoms with Crippen molar-refractivity contribution in [3.8, 4) is 0 Å². The predicted molar refractivity (Wildman–Crippen MR) is 62.7 cm³/mol. The molecule has 0 aromatic heterocycles. The summed E-state index contributed by atoms with van der Waals surface area (Å²) in [5, 5.41) is 3.31. The fourth-order valence-corrected chi connectivity index (χ4v) is 2.40. The largest absolute Gasteiger partial charge is 0.379 e. The number of hydrogen-bond acceptors (Lipinski definition) is 2. The summed E-state index contributed by atoms with van der Waals surface area (Å²) >= 11 is 0. The van der Waals surface area contributed by atoms with Crippen LogP contribution in [0.2, 0.25) is 0 Å². The molecule has 82 valence electrons. The van der Waals surface area contributed by atoms with Crippen LogP contribution in [-0.2, 0) is 4.74 Å². The average Bonchev–Trinajstić information content (AvgIpc) is 2.81. The van der Waals surface area contributed by atoms with Gasteiger partial charge in [-0.25, -0.2) is 0 Å². The van der Waals surface area contributed by atoms with Gasteiger partial charge >= 0.3 is 0 Å². The fraction of sp³-hybridized carbons (Fsp3) is 0.538. The summed E-state index contributed by atoms with van der Waals surface area (Å²) in [5.74, 6) is 0.527. The number of hydrogen-bond donors (Lipinski definition) is 1. The molecule has 2 atom stereocenters. The molecule has 2 rings (SSSR count). The molecule has 2 nitrogen and oxygen atoms in total. The lowest BCUT2D eigenvalue weighted by Gasteiger charge is -2.30. The Bertz CT molecular complexity index is 292. The molecule has 2 aliphatic rings. The molecule has 2 unspecified atom stereocenters. The molecule has 0 radical (unpaired) electrons. The van der Waals surface area contributed by atoms with Crippen molar-refractivity contribution in [1.29, 1.82) is 0 Å². The molecule has 2 heteroatoms.